The van der Waals surface area contributed by atoms with Gasteiger partial charge in [-0.15, -0.1) is 0 Å². The van der Waals surface area contributed by atoms with Gasteiger partial charge in [0.1, 0.15) is 11.2 Å². The van der Waals surface area contributed by atoms with Crippen LogP contribution in [-0.4, -0.2) is 21.1 Å². The van der Waals surface area contributed by atoms with Crippen LogP contribution in [0.25, 0.3) is 27.7 Å². The molecule has 0 fully saturated rings. The summed E-state index contributed by atoms with van der Waals surface area (Å²) < 4.78 is 7.45. The maximum Gasteiger partial charge on any atom is 0.344 e. The van der Waals surface area contributed by atoms with E-state index in [1.165, 1.54) is 0 Å². The normalized spacial score (nSPS) is 10.8. The van der Waals surface area contributed by atoms with Gasteiger partial charge in [0.2, 0.25) is 0 Å². The number of nitrogens with zero attached hydrogens (tertiary/aromatic N) is 2. The van der Waals surface area contributed by atoms with Gasteiger partial charge in [0, 0.05) is 30.0 Å². The van der Waals surface area contributed by atoms with Gasteiger partial charge < -0.3 is 13.9 Å². The Kier molecular flexibility index (Phi) is 5.72. The lowest BCUT2D eigenvalue weighted by atomic mass is 10.0. The Morgan fingerprint density at radius 2 is 1.93 bits per heavy atom. The molecule has 0 aliphatic carbocycles. The number of aliphatic hydroxyl groups excluding tert-OH is 1. The molecular formula is C22H24N2O3. The monoisotopic (exact) mass is 364 g/mol. The van der Waals surface area contributed by atoms with Crippen molar-refractivity contribution in [2.45, 2.75) is 33.6 Å². The van der Waals surface area contributed by atoms with Crippen molar-refractivity contribution < 1.29 is 9.52 Å². The molecular weight excluding hydrogens is 340 g/mol. The van der Waals surface area contributed by atoms with E-state index in [0.717, 1.165) is 34.3 Å². The van der Waals surface area contributed by atoms with E-state index in [4.69, 9.17) is 9.52 Å². The summed E-state index contributed by atoms with van der Waals surface area (Å²) in [6.07, 6.45) is 5.27. The molecule has 3 aromatic heterocycles. The van der Waals surface area contributed by atoms with Crippen molar-refractivity contribution in [2.24, 2.45) is 0 Å². The molecule has 4 aromatic rings. The SMILES string of the molecule is CC.Cc1cn2cc(-c3cc4ccc(CCCO)cc4oc3=O)ccc2n1. The van der Waals surface area contributed by atoms with E-state index in [0.29, 0.717) is 17.6 Å². The van der Waals surface area contributed by atoms with E-state index >= 15 is 0 Å². The van der Waals surface area contributed by atoms with Gasteiger partial charge in [-0.25, -0.2) is 9.78 Å². The lowest BCUT2D eigenvalue weighted by Gasteiger charge is -2.05. The first-order valence-electron chi connectivity index (χ1n) is 9.27. The molecule has 5 nitrogen and oxygen atoms in total. The first kappa shape index (κ1) is 18.9. The third kappa shape index (κ3) is 3.93. The van der Waals surface area contributed by atoms with E-state index < -0.39 is 0 Å². The summed E-state index contributed by atoms with van der Waals surface area (Å²) in [4.78, 5) is 16.9. The summed E-state index contributed by atoms with van der Waals surface area (Å²) >= 11 is 0. The average Bonchev–Trinajstić information content (AvgIpc) is 3.06. The van der Waals surface area contributed by atoms with Crippen LogP contribution in [0.3, 0.4) is 0 Å². The largest absolute Gasteiger partial charge is 0.422 e. The molecule has 140 valence electrons. The Morgan fingerprint density at radius 1 is 1.11 bits per heavy atom. The van der Waals surface area contributed by atoms with E-state index in [-0.39, 0.29) is 12.2 Å². The van der Waals surface area contributed by atoms with E-state index in [1.54, 1.807) is 0 Å². The van der Waals surface area contributed by atoms with Gasteiger partial charge >= 0.3 is 5.63 Å². The highest BCUT2D eigenvalue weighted by molar-refractivity contribution is 5.82. The lowest BCUT2D eigenvalue weighted by Crippen LogP contribution is -2.03. The molecule has 27 heavy (non-hydrogen) atoms. The van der Waals surface area contributed by atoms with E-state index in [1.807, 2.05) is 74.0 Å². The molecule has 0 aliphatic rings. The fourth-order valence-corrected chi connectivity index (χ4v) is 3.07. The molecule has 0 unspecified atom stereocenters. The second-order valence-corrected chi connectivity index (χ2v) is 6.21. The van der Waals surface area contributed by atoms with Gasteiger partial charge in [-0.1, -0.05) is 26.0 Å². The number of imidazole rings is 1. The minimum absolute atomic E-state index is 0.150. The zero-order valence-corrected chi connectivity index (χ0v) is 15.9. The maximum absolute atomic E-state index is 12.5. The zero-order valence-electron chi connectivity index (χ0n) is 15.9. The highest BCUT2D eigenvalue weighted by Gasteiger charge is 2.10. The van der Waals surface area contributed by atoms with Gasteiger partial charge in [0.05, 0.1) is 11.3 Å². The van der Waals surface area contributed by atoms with Crippen molar-refractivity contribution in [1.29, 1.82) is 0 Å². The van der Waals surface area contributed by atoms with Crippen LogP contribution in [0.4, 0.5) is 0 Å². The topological polar surface area (TPSA) is 67.7 Å². The second kappa shape index (κ2) is 8.18. The molecule has 1 aromatic carbocycles. The van der Waals surface area contributed by atoms with Crippen molar-refractivity contribution in [2.75, 3.05) is 6.61 Å². The predicted octanol–water partition coefficient (Wildman–Crippen LogP) is 4.37. The minimum atomic E-state index is -0.358. The zero-order chi connectivity index (χ0) is 19.4. The number of benzene rings is 1. The van der Waals surface area contributed by atoms with Crippen LogP contribution in [0.1, 0.15) is 31.5 Å². The van der Waals surface area contributed by atoms with Gasteiger partial charge in [0.25, 0.3) is 0 Å². The van der Waals surface area contributed by atoms with Gasteiger partial charge in [-0.05, 0) is 49.6 Å². The Bertz CT molecular complexity index is 1130. The fourth-order valence-electron chi connectivity index (χ4n) is 3.07. The van der Waals surface area contributed by atoms with Crippen molar-refractivity contribution in [3.8, 4) is 11.1 Å². The molecule has 0 amide bonds. The molecule has 5 heteroatoms. The van der Waals surface area contributed by atoms with Crippen molar-refractivity contribution >= 4 is 16.6 Å². The third-order valence-corrected chi connectivity index (χ3v) is 4.31. The van der Waals surface area contributed by atoms with Crippen LogP contribution >= 0.6 is 0 Å². The number of rotatable bonds is 4. The fraction of sp³-hybridized carbons (Fsp3) is 0.273. The molecule has 0 bridgehead atoms. The lowest BCUT2D eigenvalue weighted by molar-refractivity contribution is 0.288. The van der Waals surface area contributed by atoms with Crippen LogP contribution < -0.4 is 5.63 Å². The molecule has 0 saturated carbocycles. The summed E-state index contributed by atoms with van der Waals surface area (Å²) in [5.74, 6) is 0. The number of fused-ring (bicyclic) bond motifs is 2. The molecule has 0 atom stereocenters. The number of pyridine rings is 1. The highest BCUT2D eigenvalue weighted by atomic mass is 16.4. The molecule has 0 aliphatic heterocycles. The third-order valence-electron chi connectivity index (χ3n) is 4.31. The number of aliphatic hydroxyl groups is 1. The first-order valence-corrected chi connectivity index (χ1v) is 9.27. The number of hydrogen-bond donors (Lipinski definition) is 1. The standard InChI is InChI=1S/C20H18N2O3.C2H6/c1-13-11-22-12-16(6-7-19(22)21-13)17-10-15-5-4-14(3-2-8-23)9-18(15)25-20(17)24;1-2/h4-7,9-12,23H,2-3,8H2,1H3;1-2H3. The number of hydrogen-bond acceptors (Lipinski definition) is 4. The van der Waals surface area contributed by atoms with Crippen LogP contribution in [0.5, 0.6) is 0 Å². The van der Waals surface area contributed by atoms with E-state index in [9.17, 15) is 4.79 Å². The van der Waals surface area contributed by atoms with E-state index in [2.05, 4.69) is 4.98 Å². The maximum atomic E-state index is 12.5. The molecule has 0 spiro atoms. The quantitative estimate of drug-likeness (QED) is 0.546. The molecule has 0 saturated heterocycles. The Balaban J connectivity index is 0.00000102. The molecule has 3 heterocycles. The van der Waals surface area contributed by atoms with Crippen LogP contribution in [0.2, 0.25) is 0 Å². The summed E-state index contributed by atoms with van der Waals surface area (Å²) in [6.45, 7) is 6.09. The van der Waals surface area contributed by atoms with Crippen molar-refractivity contribution in [1.82, 2.24) is 9.38 Å². The summed E-state index contributed by atoms with van der Waals surface area (Å²) in [7, 11) is 0. The number of aryl methyl sites for hydroxylation is 2. The molecule has 0 radical (unpaired) electrons. The summed E-state index contributed by atoms with van der Waals surface area (Å²) in [5.41, 5.74) is 4.37. The summed E-state index contributed by atoms with van der Waals surface area (Å²) in [5, 5.41) is 9.82. The predicted molar refractivity (Wildman–Crippen MR) is 108 cm³/mol. The number of aromatic nitrogens is 2. The van der Waals surface area contributed by atoms with Crippen molar-refractivity contribution in [3.05, 3.63) is 70.5 Å². The van der Waals surface area contributed by atoms with Crippen LogP contribution in [0, 0.1) is 6.92 Å². The van der Waals surface area contributed by atoms with Crippen LogP contribution in [0.15, 0.2) is 58.0 Å². The average molecular weight is 364 g/mol. The minimum Gasteiger partial charge on any atom is -0.422 e. The first-order chi connectivity index (χ1) is 13.1. The van der Waals surface area contributed by atoms with Crippen LogP contribution in [-0.2, 0) is 6.42 Å². The molecule has 4 rings (SSSR count). The Hall–Kier alpha value is -2.92. The highest BCUT2D eigenvalue weighted by Crippen LogP contribution is 2.23. The smallest absolute Gasteiger partial charge is 0.344 e. The van der Waals surface area contributed by atoms with Gasteiger partial charge in [-0.2, -0.15) is 0 Å². The Labute approximate surface area is 157 Å². The van der Waals surface area contributed by atoms with Gasteiger partial charge in [0.15, 0.2) is 0 Å². The second-order valence-electron chi connectivity index (χ2n) is 6.21. The summed E-state index contributed by atoms with van der Waals surface area (Å²) in [6, 6.07) is 11.5. The molecule has 1 N–H and O–H groups in total. The van der Waals surface area contributed by atoms with Crippen molar-refractivity contribution in [3.63, 3.8) is 0 Å². The van der Waals surface area contributed by atoms with Gasteiger partial charge in [-0.3, -0.25) is 0 Å². The Morgan fingerprint density at radius 3 is 2.70 bits per heavy atom.